The van der Waals surface area contributed by atoms with E-state index in [1.165, 1.54) is 11.1 Å². The topological polar surface area (TPSA) is 122 Å². The monoisotopic (exact) mass is 483 g/mol. The molecule has 2 fully saturated rings. The fourth-order valence-electron chi connectivity index (χ4n) is 4.99. The Morgan fingerprint density at radius 1 is 1.00 bits per heavy atom. The molecule has 182 valence electrons. The minimum atomic E-state index is -0.175. The highest BCUT2D eigenvalue weighted by atomic mass is 16.2. The largest absolute Gasteiger partial charge is 0.336 e. The molecule has 11 heteroatoms. The first kappa shape index (κ1) is 21.1. The zero-order chi connectivity index (χ0) is 24.2. The molecule has 4 aromatic rings. The van der Waals surface area contributed by atoms with Crippen molar-refractivity contribution in [2.24, 2.45) is 0 Å². The van der Waals surface area contributed by atoms with E-state index in [-0.39, 0.29) is 17.6 Å². The smallest absolute Gasteiger partial charge is 0.323 e. The predicted octanol–water partition coefficient (Wildman–Crippen LogP) is 2.23. The lowest BCUT2D eigenvalue weighted by molar-refractivity contribution is 0.252. The van der Waals surface area contributed by atoms with Gasteiger partial charge in [0.1, 0.15) is 11.2 Å². The van der Waals surface area contributed by atoms with Crippen molar-refractivity contribution < 1.29 is 4.79 Å². The standard InChI is InChI=1S/C25H25N9O2/c35-23-19-14-28-24(29-17-5-4-15-8-9-26-13-16(15)12-17)31-22(19)34(33(23)18-6-7-18)21-3-1-2-20(30-21)32-11-10-27-25(32)36/h1-5,12,14,18,26H,6-11,13H2,(H,27,36)(H,28,29,31). The Balaban J connectivity index is 1.32. The zero-order valence-electron chi connectivity index (χ0n) is 19.6. The Morgan fingerprint density at radius 3 is 2.72 bits per heavy atom. The van der Waals surface area contributed by atoms with E-state index in [0.29, 0.717) is 41.7 Å². The van der Waals surface area contributed by atoms with E-state index in [0.717, 1.165) is 38.0 Å². The molecule has 1 saturated heterocycles. The molecule has 3 aliphatic rings. The number of rotatable bonds is 5. The maximum absolute atomic E-state index is 13.4. The van der Waals surface area contributed by atoms with Crippen LogP contribution in [0.2, 0.25) is 0 Å². The van der Waals surface area contributed by atoms with Crippen LogP contribution in [0.3, 0.4) is 0 Å². The first-order valence-corrected chi connectivity index (χ1v) is 12.3. The SMILES string of the molecule is O=C1NCCN1c1cccc(-n2c3nc(Nc4ccc5c(c4)CNCC5)ncc3c(=O)n2C2CC2)n1. The number of pyridine rings is 1. The van der Waals surface area contributed by atoms with Crippen LogP contribution in [0.25, 0.3) is 16.9 Å². The molecule has 0 atom stereocenters. The number of nitrogens with zero attached hydrogens (tertiary/aromatic N) is 6. The molecule has 1 aliphatic carbocycles. The zero-order valence-corrected chi connectivity index (χ0v) is 19.6. The number of anilines is 3. The summed E-state index contributed by atoms with van der Waals surface area (Å²) in [5, 5.41) is 9.94. The molecule has 1 aromatic carbocycles. The molecule has 3 aromatic heterocycles. The van der Waals surface area contributed by atoms with Crippen LogP contribution in [0.4, 0.5) is 22.2 Å². The highest BCUT2D eigenvalue weighted by molar-refractivity contribution is 5.93. The summed E-state index contributed by atoms with van der Waals surface area (Å²) in [6.07, 6.45) is 4.45. The van der Waals surface area contributed by atoms with Crippen LogP contribution in [0.15, 0.2) is 47.4 Å². The number of carbonyl (C=O) groups excluding carboxylic acids is 1. The summed E-state index contributed by atoms with van der Waals surface area (Å²) < 4.78 is 3.50. The van der Waals surface area contributed by atoms with Gasteiger partial charge in [-0.3, -0.25) is 9.69 Å². The van der Waals surface area contributed by atoms with Crippen LogP contribution >= 0.6 is 0 Å². The van der Waals surface area contributed by atoms with Crippen molar-refractivity contribution in [2.75, 3.05) is 29.9 Å². The van der Waals surface area contributed by atoms with E-state index in [2.05, 4.69) is 33.1 Å². The van der Waals surface area contributed by atoms with Crippen molar-refractivity contribution in [3.05, 3.63) is 64.1 Å². The van der Waals surface area contributed by atoms with Gasteiger partial charge in [-0.15, -0.1) is 0 Å². The van der Waals surface area contributed by atoms with Crippen LogP contribution < -0.4 is 26.4 Å². The van der Waals surface area contributed by atoms with E-state index >= 15 is 0 Å². The van der Waals surface area contributed by atoms with Gasteiger partial charge in [0.2, 0.25) is 5.95 Å². The molecule has 3 N–H and O–H groups in total. The lowest BCUT2D eigenvalue weighted by Crippen LogP contribution is -2.29. The van der Waals surface area contributed by atoms with E-state index < -0.39 is 0 Å². The third-order valence-corrected chi connectivity index (χ3v) is 6.93. The Labute approximate surface area is 206 Å². The molecule has 0 spiro atoms. The minimum absolute atomic E-state index is 0.0943. The summed E-state index contributed by atoms with van der Waals surface area (Å²) in [5.41, 5.74) is 3.86. The number of nitrogens with one attached hydrogen (secondary N) is 3. The van der Waals surface area contributed by atoms with Gasteiger partial charge < -0.3 is 16.0 Å². The number of benzene rings is 1. The van der Waals surface area contributed by atoms with Gasteiger partial charge in [0.05, 0.1) is 6.04 Å². The third kappa shape index (κ3) is 3.51. The fourth-order valence-corrected chi connectivity index (χ4v) is 4.99. The number of hydrogen-bond acceptors (Lipinski definition) is 7. The summed E-state index contributed by atoms with van der Waals surface area (Å²) in [6.45, 7) is 2.95. The van der Waals surface area contributed by atoms with E-state index in [1.807, 2.05) is 18.2 Å². The first-order chi connectivity index (χ1) is 17.7. The van der Waals surface area contributed by atoms with Gasteiger partial charge in [-0.25, -0.2) is 24.1 Å². The van der Waals surface area contributed by atoms with Gasteiger partial charge in [-0.1, -0.05) is 12.1 Å². The van der Waals surface area contributed by atoms with Gasteiger partial charge in [0, 0.05) is 31.5 Å². The van der Waals surface area contributed by atoms with Crippen LogP contribution in [-0.4, -0.2) is 50.0 Å². The molecule has 36 heavy (non-hydrogen) atoms. The van der Waals surface area contributed by atoms with Crippen LogP contribution in [0, 0.1) is 0 Å². The fraction of sp³-hybridized carbons (Fsp3) is 0.320. The number of aromatic nitrogens is 5. The van der Waals surface area contributed by atoms with Crippen LogP contribution in [-0.2, 0) is 13.0 Å². The lowest BCUT2D eigenvalue weighted by atomic mass is 10.0. The lowest BCUT2D eigenvalue weighted by Gasteiger charge is -2.18. The van der Waals surface area contributed by atoms with Crippen LogP contribution in [0.5, 0.6) is 0 Å². The molecule has 0 bridgehead atoms. The molecule has 0 unspecified atom stereocenters. The quantitative estimate of drug-likeness (QED) is 0.398. The van der Waals surface area contributed by atoms with E-state index in [1.54, 1.807) is 26.5 Å². The molecule has 2 aliphatic heterocycles. The van der Waals surface area contributed by atoms with Crippen molar-refractivity contribution >= 4 is 34.5 Å². The Morgan fingerprint density at radius 2 is 1.89 bits per heavy atom. The van der Waals surface area contributed by atoms with E-state index in [4.69, 9.17) is 9.97 Å². The first-order valence-electron chi connectivity index (χ1n) is 12.3. The molecule has 0 radical (unpaired) electrons. The molecule has 2 amide bonds. The van der Waals surface area contributed by atoms with E-state index in [9.17, 15) is 9.59 Å². The second kappa shape index (κ2) is 8.16. The van der Waals surface area contributed by atoms with Gasteiger partial charge in [0.25, 0.3) is 5.56 Å². The summed E-state index contributed by atoms with van der Waals surface area (Å²) >= 11 is 0. The highest BCUT2D eigenvalue weighted by Crippen LogP contribution is 2.35. The average Bonchev–Trinajstić information content (AvgIpc) is 3.58. The number of fused-ring (bicyclic) bond motifs is 2. The third-order valence-electron chi connectivity index (χ3n) is 6.93. The molecule has 11 nitrogen and oxygen atoms in total. The number of carbonyl (C=O) groups is 1. The van der Waals surface area contributed by atoms with Gasteiger partial charge in [-0.05, 0) is 61.2 Å². The van der Waals surface area contributed by atoms with Gasteiger partial charge >= 0.3 is 6.03 Å². The molecule has 1 saturated carbocycles. The van der Waals surface area contributed by atoms with Crippen molar-refractivity contribution in [2.45, 2.75) is 31.8 Å². The average molecular weight is 484 g/mol. The number of urea groups is 1. The van der Waals surface area contributed by atoms with Crippen molar-refractivity contribution in [3.63, 3.8) is 0 Å². The van der Waals surface area contributed by atoms with Crippen molar-refractivity contribution in [3.8, 4) is 5.82 Å². The highest BCUT2D eigenvalue weighted by Gasteiger charge is 2.31. The minimum Gasteiger partial charge on any atom is -0.336 e. The number of hydrogen-bond donors (Lipinski definition) is 3. The maximum atomic E-state index is 13.4. The predicted molar refractivity (Wildman–Crippen MR) is 135 cm³/mol. The number of amides is 2. The summed E-state index contributed by atoms with van der Waals surface area (Å²) in [4.78, 5) is 41.1. The van der Waals surface area contributed by atoms with Crippen LogP contribution in [0.1, 0.15) is 30.0 Å². The van der Waals surface area contributed by atoms with Crippen molar-refractivity contribution in [1.29, 1.82) is 0 Å². The maximum Gasteiger partial charge on any atom is 0.323 e. The molecular weight excluding hydrogens is 458 g/mol. The summed E-state index contributed by atoms with van der Waals surface area (Å²) in [5.74, 6) is 1.48. The normalized spacial score (nSPS) is 17.3. The Hall–Kier alpha value is -4.25. The van der Waals surface area contributed by atoms with Crippen molar-refractivity contribution in [1.82, 2.24) is 34.9 Å². The summed E-state index contributed by atoms with van der Waals surface area (Å²) in [6, 6.07) is 11.7. The molecular formula is C25H25N9O2. The molecule has 5 heterocycles. The summed E-state index contributed by atoms with van der Waals surface area (Å²) in [7, 11) is 0. The second-order valence-corrected chi connectivity index (χ2v) is 9.40. The molecule has 7 rings (SSSR count). The van der Waals surface area contributed by atoms with Gasteiger partial charge in [0.15, 0.2) is 11.5 Å². The Bertz CT molecular complexity index is 1570. The Kier molecular flexibility index (Phi) is 4.78. The van der Waals surface area contributed by atoms with Gasteiger partial charge in [-0.2, -0.15) is 4.98 Å². The second-order valence-electron chi connectivity index (χ2n) is 9.40.